The average molecular weight is 288 g/mol. The van der Waals surface area contributed by atoms with Gasteiger partial charge in [0.1, 0.15) is 12.2 Å². The minimum atomic E-state index is -1.32. The number of hydrogen-bond donors (Lipinski definition) is 4. The highest BCUT2D eigenvalue weighted by atomic mass is 35.5. The van der Waals surface area contributed by atoms with Crippen molar-refractivity contribution >= 4 is 23.5 Å². The summed E-state index contributed by atoms with van der Waals surface area (Å²) in [4.78, 5) is 21.4. The fourth-order valence-electron chi connectivity index (χ4n) is 1.47. The Kier molecular flexibility index (Phi) is 5.29. The van der Waals surface area contributed by atoms with E-state index in [1.807, 2.05) is 0 Å². The van der Waals surface area contributed by atoms with E-state index in [0.29, 0.717) is 0 Å². The standard InChI is InChI=1S/C12H14ClNO5/c1-6(15)14-5-10(16)11(17)8-3-2-7(12(18)19)4-9(8)13/h2-4,10-11,16-17H,5H2,1H3,(H,14,15)(H,18,19). The Labute approximate surface area is 114 Å². The summed E-state index contributed by atoms with van der Waals surface area (Å²) >= 11 is 5.85. The Morgan fingerprint density at radius 2 is 2.00 bits per heavy atom. The molecule has 0 aromatic heterocycles. The zero-order valence-corrected chi connectivity index (χ0v) is 10.9. The summed E-state index contributed by atoms with van der Waals surface area (Å²) in [6.45, 7) is 1.15. The lowest BCUT2D eigenvalue weighted by Gasteiger charge is -2.19. The maximum Gasteiger partial charge on any atom is 0.335 e. The van der Waals surface area contributed by atoms with Gasteiger partial charge in [0.05, 0.1) is 5.56 Å². The van der Waals surface area contributed by atoms with Crippen molar-refractivity contribution in [3.05, 3.63) is 34.3 Å². The van der Waals surface area contributed by atoms with Crippen LogP contribution in [0.4, 0.5) is 0 Å². The highest BCUT2D eigenvalue weighted by Crippen LogP contribution is 2.26. The summed E-state index contributed by atoms with van der Waals surface area (Å²) in [6.07, 6.45) is -2.56. The Balaban J connectivity index is 2.84. The number of aromatic carboxylic acids is 1. The van der Waals surface area contributed by atoms with Crippen molar-refractivity contribution in [3.63, 3.8) is 0 Å². The highest BCUT2D eigenvalue weighted by Gasteiger charge is 2.21. The molecule has 104 valence electrons. The fraction of sp³-hybridized carbons (Fsp3) is 0.333. The number of hydrogen-bond acceptors (Lipinski definition) is 4. The van der Waals surface area contributed by atoms with Gasteiger partial charge in [-0.25, -0.2) is 4.79 Å². The second-order valence-electron chi connectivity index (χ2n) is 3.99. The molecule has 0 saturated carbocycles. The molecule has 0 bridgehead atoms. The third kappa shape index (κ3) is 4.20. The maximum absolute atomic E-state index is 10.7. The molecule has 0 aliphatic heterocycles. The average Bonchev–Trinajstić information content (AvgIpc) is 2.34. The van der Waals surface area contributed by atoms with Crippen LogP contribution in [0.2, 0.25) is 5.02 Å². The van der Waals surface area contributed by atoms with Crippen molar-refractivity contribution in [2.75, 3.05) is 6.54 Å². The number of carboxylic acid groups (broad SMARTS) is 1. The first kappa shape index (κ1) is 15.4. The van der Waals surface area contributed by atoms with Crippen LogP contribution < -0.4 is 5.32 Å². The molecule has 2 unspecified atom stereocenters. The van der Waals surface area contributed by atoms with E-state index in [4.69, 9.17) is 16.7 Å². The molecule has 0 saturated heterocycles. The van der Waals surface area contributed by atoms with E-state index in [-0.39, 0.29) is 28.6 Å². The van der Waals surface area contributed by atoms with Crippen LogP contribution in [0.3, 0.4) is 0 Å². The van der Waals surface area contributed by atoms with E-state index in [2.05, 4.69) is 5.32 Å². The molecule has 2 atom stereocenters. The fourth-order valence-corrected chi connectivity index (χ4v) is 1.76. The lowest BCUT2D eigenvalue weighted by molar-refractivity contribution is -0.119. The molecule has 6 nitrogen and oxygen atoms in total. The van der Waals surface area contributed by atoms with Crippen LogP contribution in [-0.2, 0) is 4.79 Å². The normalized spacial score (nSPS) is 13.7. The zero-order valence-electron chi connectivity index (χ0n) is 10.1. The number of carbonyl (C=O) groups is 2. The molecule has 0 radical (unpaired) electrons. The van der Waals surface area contributed by atoms with Crippen LogP contribution >= 0.6 is 11.6 Å². The first-order valence-corrected chi connectivity index (χ1v) is 5.84. The van der Waals surface area contributed by atoms with Crippen molar-refractivity contribution in [2.24, 2.45) is 0 Å². The Morgan fingerprint density at radius 3 is 2.47 bits per heavy atom. The minimum Gasteiger partial charge on any atom is -0.478 e. The predicted molar refractivity (Wildman–Crippen MR) is 68.1 cm³/mol. The summed E-state index contributed by atoms with van der Waals surface area (Å²) in [5, 5.41) is 30.7. The summed E-state index contributed by atoms with van der Waals surface area (Å²) in [6, 6.07) is 3.79. The van der Waals surface area contributed by atoms with Crippen molar-refractivity contribution < 1.29 is 24.9 Å². The largest absolute Gasteiger partial charge is 0.478 e. The molecule has 0 heterocycles. The van der Waals surface area contributed by atoms with Crippen molar-refractivity contribution in [1.82, 2.24) is 5.32 Å². The van der Waals surface area contributed by atoms with E-state index in [9.17, 15) is 19.8 Å². The van der Waals surface area contributed by atoms with E-state index in [1.165, 1.54) is 25.1 Å². The van der Waals surface area contributed by atoms with Gasteiger partial charge in [0.25, 0.3) is 0 Å². The van der Waals surface area contributed by atoms with Gasteiger partial charge in [-0.15, -0.1) is 0 Å². The van der Waals surface area contributed by atoms with Gasteiger partial charge in [0.15, 0.2) is 0 Å². The number of carbonyl (C=O) groups excluding carboxylic acids is 1. The molecule has 1 rings (SSSR count). The molecule has 0 aliphatic rings. The minimum absolute atomic E-state index is 0.0164. The van der Waals surface area contributed by atoms with E-state index in [0.717, 1.165) is 0 Å². The number of amides is 1. The van der Waals surface area contributed by atoms with E-state index >= 15 is 0 Å². The molecule has 0 aliphatic carbocycles. The van der Waals surface area contributed by atoms with Gasteiger partial charge in [-0.1, -0.05) is 17.7 Å². The summed E-state index contributed by atoms with van der Waals surface area (Å²) in [5.41, 5.74) is 0.182. The zero-order chi connectivity index (χ0) is 14.6. The molecule has 7 heteroatoms. The number of benzene rings is 1. The predicted octanol–water partition coefficient (Wildman–Crippen LogP) is 0.569. The molecule has 19 heavy (non-hydrogen) atoms. The second-order valence-corrected chi connectivity index (χ2v) is 4.40. The number of nitrogens with one attached hydrogen (secondary N) is 1. The van der Waals surface area contributed by atoms with Gasteiger partial charge in [-0.2, -0.15) is 0 Å². The number of carboxylic acids is 1. The highest BCUT2D eigenvalue weighted by molar-refractivity contribution is 6.31. The molecule has 0 spiro atoms. The first-order chi connectivity index (χ1) is 8.82. The number of aliphatic hydroxyl groups excluding tert-OH is 2. The summed E-state index contributed by atoms with van der Waals surface area (Å²) in [7, 11) is 0. The third-order valence-electron chi connectivity index (χ3n) is 2.49. The molecule has 4 N–H and O–H groups in total. The summed E-state index contributed by atoms with van der Waals surface area (Å²) in [5.74, 6) is -1.47. The van der Waals surface area contributed by atoms with Gasteiger partial charge in [-0.3, -0.25) is 4.79 Å². The van der Waals surface area contributed by atoms with E-state index < -0.39 is 18.2 Å². The van der Waals surface area contributed by atoms with Crippen LogP contribution in [0, 0.1) is 0 Å². The van der Waals surface area contributed by atoms with Crippen molar-refractivity contribution in [3.8, 4) is 0 Å². The number of aliphatic hydroxyl groups is 2. The number of rotatable bonds is 5. The monoisotopic (exact) mass is 287 g/mol. The first-order valence-electron chi connectivity index (χ1n) is 5.46. The van der Waals surface area contributed by atoms with Gasteiger partial charge in [-0.05, 0) is 12.1 Å². The van der Waals surface area contributed by atoms with Crippen LogP contribution in [0.25, 0.3) is 0 Å². The molecule has 1 aromatic carbocycles. The van der Waals surface area contributed by atoms with Gasteiger partial charge < -0.3 is 20.6 Å². The molecule has 1 aromatic rings. The molecule has 1 amide bonds. The Bertz CT molecular complexity index is 491. The molecule has 0 fully saturated rings. The van der Waals surface area contributed by atoms with Gasteiger partial charge in [0.2, 0.25) is 5.91 Å². The lowest BCUT2D eigenvalue weighted by atomic mass is 10.0. The smallest absolute Gasteiger partial charge is 0.335 e. The second kappa shape index (κ2) is 6.51. The lowest BCUT2D eigenvalue weighted by Crippen LogP contribution is -2.34. The quantitative estimate of drug-likeness (QED) is 0.633. The summed E-state index contributed by atoms with van der Waals surface area (Å²) < 4.78 is 0. The van der Waals surface area contributed by atoms with Crippen LogP contribution in [0.15, 0.2) is 18.2 Å². The van der Waals surface area contributed by atoms with E-state index in [1.54, 1.807) is 0 Å². The SMILES string of the molecule is CC(=O)NCC(O)C(O)c1ccc(C(=O)O)cc1Cl. The molecular weight excluding hydrogens is 274 g/mol. The van der Waals surface area contributed by atoms with Crippen LogP contribution in [-0.4, -0.2) is 39.8 Å². The van der Waals surface area contributed by atoms with Crippen molar-refractivity contribution in [1.29, 1.82) is 0 Å². The third-order valence-corrected chi connectivity index (χ3v) is 2.82. The Morgan fingerprint density at radius 1 is 1.37 bits per heavy atom. The molecular formula is C12H14ClNO5. The number of halogens is 1. The maximum atomic E-state index is 10.7. The topological polar surface area (TPSA) is 107 Å². The van der Waals surface area contributed by atoms with Gasteiger partial charge >= 0.3 is 5.97 Å². The van der Waals surface area contributed by atoms with Crippen molar-refractivity contribution in [2.45, 2.75) is 19.1 Å². The Hall–Kier alpha value is -1.63. The van der Waals surface area contributed by atoms with Gasteiger partial charge in [0, 0.05) is 24.1 Å². The van der Waals surface area contributed by atoms with Crippen LogP contribution in [0.1, 0.15) is 28.9 Å². The van der Waals surface area contributed by atoms with Crippen LogP contribution in [0.5, 0.6) is 0 Å².